The number of aromatic nitrogens is 4. The molecule has 1 aromatic rings. The minimum Gasteiger partial charge on any atom is -0.372 e. The maximum absolute atomic E-state index is 5.80. The molecular weight excluding hydrogens is 168 g/mol. The topological polar surface area (TPSA) is 63.7 Å². The highest BCUT2D eigenvalue weighted by Crippen LogP contribution is 2.30. The summed E-state index contributed by atoms with van der Waals surface area (Å²) in [7, 11) is 0. The molecule has 0 aliphatic carbocycles. The van der Waals surface area contributed by atoms with Crippen molar-refractivity contribution < 1.29 is 4.74 Å². The number of nitrogens with zero attached hydrogens (tertiary/aromatic N) is 3. The number of nitrogens with one attached hydrogen (secondary N) is 1. The second-order valence-electron chi connectivity index (χ2n) is 4.07. The van der Waals surface area contributed by atoms with Crippen LogP contribution in [0.5, 0.6) is 0 Å². The zero-order valence-corrected chi connectivity index (χ0v) is 7.95. The lowest BCUT2D eigenvalue weighted by atomic mass is 10.0. The number of aromatic amines is 1. The Hall–Kier alpha value is -0.970. The van der Waals surface area contributed by atoms with E-state index >= 15 is 0 Å². The third-order valence-corrected chi connectivity index (χ3v) is 2.35. The minimum atomic E-state index is 0.0222. The third kappa shape index (κ3) is 2.03. The van der Waals surface area contributed by atoms with E-state index in [1.54, 1.807) is 0 Å². The van der Waals surface area contributed by atoms with Crippen LogP contribution in [0.15, 0.2) is 0 Å². The first kappa shape index (κ1) is 8.62. The van der Waals surface area contributed by atoms with E-state index in [1.807, 2.05) is 0 Å². The highest BCUT2D eigenvalue weighted by molar-refractivity contribution is 4.88. The van der Waals surface area contributed by atoms with Crippen LogP contribution in [0, 0.1) is 0 Å². The van der Waals surface area contributed by atoms with Crippen LogP contribution in [0.25, 0.3) is 0 Å². The predicted octanol–water partition coefficient (Wildman–Crippen LogP) is 0.700. The first-order valence-corrected chi connectivity index (χ1v) is 4.56. The molecular formula is C8H14N4O. The fraction of sp³-hybridized carbons (Fsp3) is 0.875. The fourth-order valence-corrected chi connectivity index (χ4v) is 1.69. The van der Waals surface area contributed by atoms with Crippen LogP contribution in [-0.4, -0.2) is 32.3 Å². The molecule has 13 heavy (non-hydrogen) atoms. The van der Waals surface area contributed by atoms with Gasteiger partial charge in [-0.1, -0.05) is 5.21 Å². The third-order valence-electron chi connectivity index (χ3n) is 2.35. The van der Waals surface area contributed by atoms with Gasteiger partial charge in [0.05, 0.1) is 11.7 Å². The van der Waals surface area contributed by atoms with E-state index in [1.165, 1.54) is 0 Å². The average molecular weight is 182 g/mol. The molecule has 1 aliphatic heterocycles. The molecule has 5 nitrogen and oxygen atoms in total. The monoisotopic (exact) mass is 182 g/mol. The van der Waals surface area contributed by atoms with E-state index in [-0.39, 0.29) is 11.7 Å². The summed E-state index contributed by atoms with van der Waals surface area (Å²) in [5.74, 6) is 0.739. The van der Waals surface area contributed by atoms with Gasteiger partial charge >= 0.3 is 0 Å². The number of ether oxygens (including phenoxy) is 1. The number of H-pyrrole nitrogens is 1. The Morgan fingerprint density at radius 2 is 2.46 bits per heavy atom. The zero-order valence-electron chi connectivity index (χ0n) is 7.95. The molecule has 1 unspecified atom stereocenters. The molecule has 1 N–H and O–H groups in total. The summed E-state index contributed by atoms with van der Waals surface area (Å²) in [4.78, 5) is 0. The Bertz CT molecular complexity index is 270. The highest BCUT2D eigenvalue weighted by atomic mass is 16.5. The Morgan fingerprint density at radius 3 is 3.00 bits per heavy atom. The van der Waals surface area contributed by atoms with E-state index in [0.717, 1.165) is 25.1 Å². The SMILES string of the molecule is CC1(C)CCC(Cc2nn[nH]n2)O1. The van der Waals surface area contributed by atoms with Crippen LogP contribution < -0.4 is 0 Å². The summed E-state index contributed by atoms with van der Waals surface area (Å²) in [6.07, 6.45) is 3.21. The van der Waals surface area contributed by atoms with Gasteiger partial charge in [-0.3, -0.25) is 0 Å². The number of hydrogen-bond donors (Lipinski definition) is 1. The van der Waals surface area contributed by atoms with Crippen molar-refractivity contribution in [2.45, 2.75) is 44.8 Å². The molecule has 0 aromatic carbocycles. The fourth-order valence-electron chi connectivity index (χ4n) is 1.69. The van der Waals surface area contributed by atoms with Crippen molar-refractivity contribution in [3.8, 4) is 0 Å². The van der Waals surface area contributed by atoms with Crippen LogP contribution in [0.4, 0.5) is 0 Å². The molecule has 1 atom stereocenters. The van der Waals surface area contributed by atoms with Crippen molar-refractivity contribution >= 4 is 0 Å². The standard InChI is InChI=1S/C8H14N4O/c1-8(2)4-3-6(13-8)5-7-9-11-12-10-7/h6H,3-5H2,1-2H3,(H,9,10,11,12). The van der Waals surface area contributed by atoms with E-state index in [4.69, 9.17) is 4.74 Å². The average Bonchev–Trinajstić information content (AvgIpc) is 2.61. The van der Waals surface area contributed by atoms with E-state index in [2.05, 4.69) is 34.5 Å². The van der Waals surface area contributed by atoms with Gasteiger partial charge in [0.2, 0.25) is 0 Å². The lowest BCUT2D eigenvalue weighted by molar-refractivity contribution is -0.0152. The largest absolute Gasteiger partial charge is 0.372 e. The van der Waals surface area contributed by atoms with Gasteiger partial charge in [-0.2, -0.15) is 5.21 Å². The maximum atomic E-state index is 5.80. The molecule has 2 rings (SSSR count). The smallest absolute Gasteiger partial charge is 0.177 e. The van der Waals surface area contributed by atoms with E-state index < -0.39 is 0 Å². The van der Waals surface area contributed by atoms with Crippen LogP contribution >= 0.6 is 0 Å². The second kappa shape index (κ2) is 3.06. The quantitative estimate of drug-likeness (QED) is 0.731. The van der Waals surface area contributed by atoms with Gasteiger partial charge in [-0.15, -0.1) is 10.2 Å². The molecule has 2 heterocycles. The summed E-state index contributed by atoms with van der Waals surface area (Å²) < 4.78 is 5.80. The Labute approximate surface area is 76.9 Å². The molecule has 1 aromatic heterocycles. The first-order chi connectivity index (χ1) is 6.16. The van der Waals surface area contributed by atoms with Crippen molar-refractivity contribution in [1.29, 1.82) is 0 Å². The van der Waals surface area contributed by atoms with Gasteiger partial charge in [0.15, 0.2) is 5.82 Å². The van der Waals surface area contributed by atoms with Crippen LogP contribution in [0.1, 0.15) is 32.5 Å². The van der Waals surface area contributed by atoms with Gasteiger partial charge in [-0.05, 0) is 26.7 Å². The van der Waals surface area contributed by atoms with E-state index in [0.29, 0.717) is 0 Å². The van der Waals surface area contributed by atoms with Gasteiger partial charge < -0.3 is 4.74 Å². The molecule has 1 aliphatic rings. The minimum absolute atomic E-state index is 0.0222. The Balaban J connectivity index is 1.91. The van der Waals surface area contributed by atoms with Crippen molar-refractivity contribution in [1.82, 2.24) is 20.6 Å². The van der Waals surface area contributed by atoms with Gasteiger partial charge in [-0.25, -0.2) is 0 Å². The molecule has 0 bridgehead atoms. The highest BCUT2D eigenvalue weighted by Gasteiger charge is 2.32. The Morgan fingerprint density at radius 1 is 1.62 bits per heavy atom. The Kier molecular flexibility index (Phi) is 2.03. The summed E-state index contributed by atoms with van der Waals surface area (Å²) in [5, 5.41) is 13.7. The summed E-state index contributed by atoms with van der Waals surface area (Å²) in [6.45, 7) is 4.23. The van der Waals surface area contributed by atoms with Gasteiger partial charge in [0.1, 0.15) is 0 Å². The summed E-state index contributed by atoms with van der Waals surface area (Å²) >= 11 is 0. The van der Waals surface area contributed by atoms with Crippen molar-refractivity contribution in [2.24, 2.45) is 0 Å². The number of tetrazole rings is 1. The van der Waals surface area contributed by atoms with Gasteiger partial charge in [0, 0.05) is 6.42 Å². The molecule has 0 amide bonds. The zero-order chi connectivity index (χ0) is 9.31. The van der Waals surface area contributed by atoms with Crippen molar-refractivity contribution in [3.05, 3.63) is 5.82 Å². The molecule has 0 spiro atoms. The predicted molar refractivity (Wildman–Crippen MR) is 46.1 cm³/mol. The molecule has 1 fully saturated rings. The lowest BCUT2D eigenvalue weighted by Gasteiger charge is -2.18. The molecule has 1 saturated heterocycles. The van der Waals surface area contributed by atoms with Crippen LogP contribution in [0.3, 0.4) is 0 Å². The second-order valence-corrected chi connectivity index (χ2v) is 4.07. The number of rotatable bonds is 2. The van der Waals surface area contributed by atoms with Crippen molar-refractivity contribution in [3.63, 3.8) is 0 Å². The molecule has 0 saturated carbocycles. The number of hydrogen-bond acceptors (Lipinski definition) is 4. The normalized spacial score (nSPS) is 26.5. The van der Waals surface area contributed by atoms with Gasteiger partial charge in [0.25, 0.3) is 0 Å². The summed E-state index contributed by atoms with van der Waals surface area (Å²) in [5.41, 5.74) is 0.0222. The van der Waals surface area contributed by atoms with Crippen molar-refractivity contribution in [2.75, 3.05) is 0 Å². The summed E-state index contributed by atoms with van der Waals surface area (Å²) in [6, 6.07) is 0. The van der Waals surface area contributed by atoms with Crippen LogP contribution in [0.2, 0.25) is 0 Å². The molecule has 5 heteroatoms. The molecule has 72 valence electrons. The lowest BCUT2D eigenvalue weighted by Crippen LogP contribution is -2.21. The molecule has 0 radical (unpaired) electrons. The van der Waals surface area contributed by atoms with E-state index in [9.17, 15) is 0 Å². The maximum Gasteiger partial charge on any atom is 0.177 e. The first-order valence-electron chi connectivity index (χ1n) is 4.56. The van der Waals surface area contributed by atoms with Crippen LogP contribution in [-0.2, 0) is 11.2 Å².